The molecule has 6 nitrogen and oxygen atoms in total. The molecule has 29 heavy (non-hydrogen) atoms. The van der Waals surface area contributed by atoms with Gasteiger partial charge in [-0.2, -0.15) is 4.31 Å². The van der Waals surface area contributed by atoms with Gasteiger partial charge in [-0.25, -0.2) is 8.42 Å². The van der Waals surface area contributed by atoms with Crippen molar-refractivity contribution in [3.63, 3.8) is 0 Å². The minimum atomic E-state index is -3.46. The highest BCUT2D eigenvalue weighted by atomic mass is 32.2. The third-order valence-corrected chi connectivity index (χ3v) is 7.01. The number of piperidine rings is 1. The maximum Gasteiger partial charge on any atom is 0.243 e. The molecule has 1 heterocycles. The van der Waals surface area contributed by atoms with E-state index < -0.39 is 10.0 Å². The first-order chi connectivity index (χ1) is 14.0. The number of para-hydroxylation sites is 1. The summed E-state index contributed by atoms with van der Waals surface area (Å²) < 4.78 is 32.5. The first kappa shape index (κ1) is 21.3. The van der Waals surface area contributed by atoms with Crippen LogP contribution in [0.4, 0.5) is 0 Å². The number of ether oxygens (including phenoxy) is 1. The number of nitrogens with zero attached hydrogens (tertiary/aromatic N) is 1. The van der Waals surface area contributed by atoms with Crippen LogP contribution in [-0.2, 0) is 14.8 Å². The molecular formula is C22H28N2O4S. The molecule has 0 spiro atoms. The summed E-state index contributed by atoms with van der Waals surface area (Å²) in [7, 11) is -3.46. The highest BCUT2D eigenvalue weighted by molar-refractivity contribution is 7.89. The highest BCUT2D eigenvalue weighted by Gasteiger charge is 2.29. The SMILES string of the molecule is Cc1ccccc1OCCCC(=O)NC1CCN(S(=O)(=O)c2ccccc2)CC1. The van der Waals surface area contributed by atoms with E-state index in [9.17, 15) is 13.2 Å². The third kappa shape index (κ3) is 5.81. The van der Waals surface area contributed by atoms with E-state index in [1.165, 1.54) is 4.31 Å². The fourth-order valence-corrected chi connectivity index (χ4v) is 4.91. The van der Waals surface area contributed by atoms with Gasteiger partial charge in [0.15, 0.2) is 0 Å². The van der Waals surface area contributed by atoms with Crippen molar-refractivity contribution in [3.05, 3.63) is 60.2 Å². The smallest absolute Gasteiger partial charge is 0.243 e. The van der Waals surface area contributed by atoms with E-state index in [2.05, 4.69) is 5.32 Å². The van der Waals surface area contributed by atoms with Gasteiger partial charge < -0.3 is 10.1 Å². The van der Waals surface area contributed by atoms with Gasteiger partial charge in [0.25, 0.3) is 0 Å². The minimum Gasteiger partial charge on any atom is -0.493 e. The number of sulfonamides is 1. The van der Waals surface area contributed by atoms with Crippen molar-refractivity contribution < 1.29 is 17.9 Å². The molecule has 0 aromatic heterocycles. The van der Waals surface area contributed by atoms with E-state index in [-0.39, 0.29) is 11.9 Å². The van der Waals surface area contributed by atoms with Crippen molar-refractivity contribution in [3.8, 4) is 5.75 Å². The molecule has 0 saturated carbocycles. The van der Waals surface area contributed by atoms with E-state index in [1.807, 2.05) is 31.2 Å². The Balaban J connectivity index is 1.38. The van der Waals surface area contributed by atoms with Crippen LogP contribution in [0.3, 0.4) is 0 Å². The molecule has 1 saturated heterocycles. The molecule has 0 atom stereocenters. The highest BCUT2D eigenvalue weighted by Crippen LogP contribution is 2.21. The Labute approximate surface area is 172 Å². The number of amides is 1. The van der Waals surface area contributed by atoms with Gasteiger partial charge in [0, 0.05) is 25.6 Å². The summed E-state index contributed by atoms with van der Waals surface area (Å²) in [5.41, 5.74) is 1.08. The van der Waals surface area contributed by atoms with E-state index in [1.54, 1.807) is 30.3 Å². The van der Waals surface area contributed by atoms with Crippen molar-refractivity contribution in [2.24, 2.45) is 0 Å². The van der Waals surface area contributed by atoms with Crippen LogP contribution in [-0.4, -0.2) is 44.4 Å². The first-order valence-electron chi connectivity index (χ1n) is 10.00. The van der Waals surface area contributed by atoms with Gasteiger partial charge in [-0.3, -0.25) is 4.79 Å². The number of carbonyl (C=O) groups is 1. The van der Waals surface area contributed by atoms with Crippen LogP contribution in [0.25, 0.3) is 0 Å². The second-order valence-corrected chi connectivity index (χ2v) is 9.21. The zero-order chi connectivity index (χ0) is 20.7. The van der Waals surface area contributed by atoms with Gasteiger partial charge in [-0.05, 0) is 49.9 Å². The summed E-state index contributed by atoms with van der Waals surface area (Å²) in [4.78, 5) is 12.5. The van der Waals surface area contributed by atoms with Crippen LogP contribution in [0.2, 0.25) is 0 Å². The van der Waals surface area contributed by atoms with Crippen molar-refractivity contribution >= 4 is 15.9 Å². The number of carbonyl (C=O) groups excluding carboxylic acids is 1. The predicted molar refractivity (Wildman–Crippen MR) is 112 cm³/mol. The molecule has 0 unspecified atom stereocenters. The Bertz CT molecular complexity index is 907. The van der Waals surface area contributed by atoms with E-state index >= 15 is 0 Å². The second-order valence-electron chi connectivity index (χ2n) is 7.28. The normalized spacial score (nSPS) is 15.8. The standard InChI is InChI=1S/C22H28N2O4S/c1-18-8-5-6-11-21(18)28-17-7-12-22(25)23-19-13-15-24(16-14-19)29(26,27)20-9-3-2-4-10-20/h2-6,8-11,19H,7,12-17H2,1H3,(H,23,25). The summed E-state index contributed by atoms with van der Waals surface area (Å²) in [5.74, 6) is 0.836. The quantitative estimate of drug-likeness (QED) is 0.671. The molecule has 0 radical (unpaired) electrons. The number of rotatable bonds is 8. The fraction of sp³-hybridized carbons (Fsp3) is 0.409. The van der Waals surface area contributed by atoms with Crippen LogP contribution < -0.4 is 10.1 Å². The molecule has 3 rings (SSSR count). The molecule has 1 amide bonds. The fourth-order valence-electron chi connectivity index (χ4n) is 3.42. The first-order valence-corrected chi connectivity index (χ1v) is 11.4. The predicted octanol–water partition coefficient (Wildman–Crippen LogP) is 3.12. The van der Waals surface area contributed by atoms with Gasteiger partial charge in [0.05, 0.1) is 11.5 Å². The average Bonchev–Trinajstić information content (AvgIpc) is 2.73. The minimum absolute atomic E-state index is 0.0113. The monoisotopic (exact) mass is 416 g/mol. The largest absolute Gasteiger partial charge is 0.493 e. The lowest BCUT2D eigenvalue weighted by Gasteiger charge is -2.31. The number of nitrogens with one attached hydrogen (secondary N) is 1. The zero-order valence-electron chi connectivity index (χ0n) is 16.7. The van der Waals surface area contributed by atoms with Crippen molar-refractivity contribution in [1.82, 2.24) is 9.62 Å². The van der Waals surface area contributed by atoms with Crippen molar-refractivity contribution in [2.45, 2.75) is 43.5 Å². The summed E-state index contributed by atoms with van der Waals surface area (Å²) in [5, 5.41) is 3.02. The second kappa shape index (κ2) is 9.89. The molecule has 2 aromatic rings. The Morgan fingerprint density at radius 3 is 2.41 bits per heavy atom. The maximum absolute atomic E-state index is 12.7. The molecule has 0 aliphatic carbocycles. The molecule has 0 bridgehead atoms. The number of hydrogen-bond donors (Lipinski definition) is 1. The van der Waals surface area contributed by atoms with E-state index in [4.69, 9.17) is 4.74 Å². The van der Waals surface area contributed by atoms with Crippen LogP contribution in [0, 0.1) is 6.92 Å². The Morgan fingerprint density at radius 1 is 1.07 bits per heavy atom. The van der Waals surface area contributed by atoms with Crippen LogP contribution >= 0.6 is 0 Å². The Kier molecular flexibility index (Phi) is 7.28. The number of hydrogen-bond acceptors (Lipinski definition) is 4. The molecule has 1 fully saturated rings. The molecule has 1 N–H and O–H groups in total. The maximum atomic E-state index is 12.7. The van der Waals surface area contributed by atoms with E-state index in [0.717, 1.165) is 11.3 Å². The number of aryl methyl sites for hydroxylation is 1. The molecule has 2 aromatic carbocycles. The lowest BCUT2D eigenvalue weighted by Crippen LogP contribution is -2.46. The summed E-state index contributed by atoms with van der Waals surface area (Å²) in [6.07, 6.45) is 2.28. The molecule has 1 aliphatic rings. The Morgan fingerprint density at radius 2 is 1.72 bits per heavy atom. The van der Waals surface area contributed by atoms with Crippen molar-refractivity contribution in [2.75, 3.05) is 19.7 Å². The van der Waals surface area contributed by atoms with Crippen LogP contribution in [0.1, 0.15) is 31.2 Å². The molecular weight excluding hydrogens is 388 g/mol. The topological polar surface area (TPSA) is 75.7 Å². The van der Waals surface area contributed by atoms with Gasteiger partial charge in [0.1, 0.15) is 5.75 Å². The van der Waals surface area contributed by atoms with Crippen LogP contribution in [0.5, 0.6) is 5.75 Å². The molecule has 7 heteroatoms. The average molecular weight is 417 g/mol. The lowest BCUT2D eigenvalue weighted by atomic mass is 10.1. The van der Waals surface area contributed by atoms with Gasteiger partial charge in [-0.15, -0.1) is 0 Å². The van der Waals surface area contributed by atoms with Crippen molar-refractivity contribution in [1.29, 1.82) is 0 Å². The van der Waals surface area contributed by atoms with Crippen LogP contribution in [0.15, 0.2) is 59.5 Å². The molecule has 1 aliphatic heterocycles. The Hall–Kier alpha value is -2.38. The third-order valence-electron chi connectivity index (χ3n) is 5.10. The zero-order valence-corrected chi connectivity index (χ0v) is 17.5. The lowest BCUT2D eigenvalue weighted by molar-refractivity contribution is -0.122. The van der Waals surface area contributed by atoms with E-state index in [0.29, 0.717) is 50.3 Å². The number of benzene rings is 2. The molecule has 156 valence electrons. The summed E-state index contributed by atoms with van der Waals surface area (Å²) in [6.45, 7) is 3.32. The summed E-state index contributed by atoms with van der Waals surface area (Å²) in [6, 6.07) is 16.3. The van der Waals surface area contributed by atoms with Gasteiger partial charge >= 0.3 is 0 Å². The van der Waals surface area contributed by atoms with Gasteiger partial charge in [-0.1, -0.05) is 36.4 Å². The summed E-state index contributed by atoms with van der Waals surface area (Å²) >= 11 is 0. The van der Waals surface area contributed by atoms with Gasteiger partial charge in [0.2, 0.25) is 15.9 Å².